The zero-order valence-corrected chi connectivity index (χ0v) is 16.1. The summed E-state index contributed by atoms with van der Waals surface area (Å²) in [7, 11) is 1.76. The minimum Gasteiger partial charge on any atom is -0.496 e. The largest absolute Gasteiger partial charge is 0.496 e. The van der Waals surface area contributed by atoms with Crippen LogP contribution in [0.25, 0.3) is 0 Å². The Morgan fingerprint density at radius 1 is 1.15 bits per heavy atom. The van der Waals surface area contributed by atoms with E-state index in [4.69, 9.17) is 9.47 Å². The van der Waals surface area contributed by atoms with Crippen LogP contribution in [0.5, 0.6) is 5.75 Å². The lowest BCUT2D eigenvalue weighted by atomic mass is 9.82. The number of piperazine rings is 1. The van der Waals surface area contributed by atoms with Gasteiger partial charge in [-0.05, 0) is 44.8 Å². The molecular weight excluding hydrogens is 326 g/mol. The van der Waals surface area contributed by atoms with Crippen LogP contribution in [0.3, 0.4) is 0 Å². The highest BCUT2D eigenvalue weighted by Gasteiger charge is 2.40. The molecule has 1 unspecified atom stereocenters. The van der Waals surface area contributed by atoms with Gasteiger partial charge < -0.3 is 14.8 Å². The molecule has 3 aliphatic rings. The van der Waals surface area contributed by atoms with Crippen molar-refractivity contribution in [3.05, 3.63) is 29.8 Å². The first-order chi connectivity index (χ1) is 12.8. The first-order valence-electron chi connectivity index (χ1n) is 10.2. The summed E-state index contributed by atoms with van der Waals surface area (Å²) in [5, 5.41) is 3.48. The minimum absolute atomic E-state index is 0.155. The fourth-order valence-corrected chi connectivity index (χ4v) is 4.91. The van der Waals surface area contributed by atoms with E-state index in [0.717, 1.165) is 45.1 Å². The molecule has 0 saturated carbocycles. The molecule has 0 aromatic heterocycles. The van der Waals surface area contributed by atoms with Crippen LogP contribution in [-0.2, 0) is 11.3 Å². The minimum atomic E-state index is 0.155. The molecule has 5 heteroatoms. The number of hydrogen-bond acceptors (Lipinski definition) is 5. The molecule has 1 aromatic carbocycles. The second-order valence-corrected chi connectivity index (χ2v) is 8.05. The molecule has 3 aliphatic heterocycles. The molecule has 5 nitrogen and oxygen atoms in total. The van der Waals surface area contributed by atoms with Crippen LogP contribution in [0.2, 0.25) is 0 Å². The van der Waals surface area contributed by atoms with Crippen LogP contribution < -0.4 is 10.1 Å². The Morgan fingerprint density at radius 3 is 2.69 bits per heavy atom. The van der Waals surface area contributed by atoms with Crippen molar-refractivity contribution in [2.45, 2.75) is 43.9 Å². The van der Waals surface area contributed by atoms with Gasteiger partial charge in [0.25, 0.3) is 0 Å². The molecule has 1 spiro atoms. The average molecular weight is 360 g/mol. The molecule has 1 N–H and O–H groups in total. The van der Waals surface area contributed by atoms with Gasteiger partial charge in [0.05, 0.1) is 12.7 Å². The van der Waals surface area contributed by atoms with E-state index >= 15 is 0 Å². The van der Waals surface area contributed by atoms with Crippen LogP contribution in [0, 0.1) is 0 Å². The van der Waals surface area contributed by atoms with Crippen molar-refractivity contribution >= 4 is 0 Å². The second-order valence-electron chi connectivity index (χ2n) is 8.05. The standard InChI is InChI=1S/C21H33N3O2/c1-25-20-5-3-2-4-18(20)17-23-11-13-24(14-12-23)19-6-15-26-21(16-19)7-9-22-10-8-21/h2-5,19,22H,6-17H2,1H3. The van der Waals surface area contributed by atoms with E-state index in [1.165, 1.54) is 44.3 Å². The number of benzene rings is 1. The Bertz CT molecular complexity index is 575. The van der Waals surface area contributed by atoms with Gasteiger partial charge in [-0.3, -0.25) is 9.80 Å². The molecule has 0 radical (unpaired) electrons. The topological polar surface area (TPSA) is 37.0 Å². The Kier molecular flexibility index (Phi) is 5.79. The Hall–Kier alpha value is -1.14. The number of nitrogens with zero attached hydrogens (tertiary/aromatic N) is 2. The van der Waals surface area contributed by atoms with Gasteiger partial charge in [-0.25, -0.2) is 0 Å². The summed E-state index contributed by atoms with van der Waals surface area (Å²) >= 11 is 0. The second kappa shape index (κ2) is 8.26. The van der Waals surface area contributed by atoms with Crippen molar-refractivity contribution < 1.29 is 9.47 Å². The number of ether oxygens (including phenoxy) is 2. The van der Waals surface area contributed by atoms with Crippen molar-refractivity contribution in [2.75, 3.05) is 53.0 Å². The zero-order valence-electron chi connectivity index (χ0n) is 16.1. The number of nitrogens with one attached hydrogen (secondary N) is 1. The van der Waals surface area contributed by atoms with E-state index in [1.807, 2.05) is 6.07 Å². The number of para-hydroxylation sites is 1. The van der Waals surface area contributed by atoms with Crippen LogP contribution >= 0.6 is 0 Å². The van der Waals surface area contributed by atoms with Gasteiger partial charge in [0, 0.05) is 50.9 Å². The van der Waals surface area contributed by atoms with Crippen molar-refractivity contribution in [3.8, 4) is 5.75 Å². The van der Waals surface area contributed by atoms with Gasteiger partial charge in [0.1, 0.15) is 5.75 Å². The van der Waals surface area contributed by atoms with E-state index in [-0.39, 0.29) is 5.60 Å². The molecule has 0 amide bonds. The lowest BCUT2D eigenvalue weighted by molar-refractivity contribution is -0.123. The van der Waals surface area contributed by atoms with Crippen molar-refractivity contribution in [2.24, 2.45) is 0 Å². The van der Waals surface area contributed by atoms with Crippen LogP contribution in [-0.4, -0.2) is 74.4 Å². The van der Waals surface area contributed by atoms with Crippen molar-refractivity contribution in [1.82, 2.24) is 15.1 Å². The van der Waals surface area contributed by atoms with Crippen LogP contribution in [0.4, 0.5) is 0 Å². The van der Waals surface area contributed by atoms with Crippen molar-refractivity contribution in [3.63, 3.8) is 0 Å². The molecule has 1 aromatic rings. The summed E-state index contributed by atoms with van der Waals surface area (Å²) in [4.78, 5) is 5.29. The molecular formula is C21H33N3O2. The molecule has 1 atom stereocenters. The van der Waals surface area contributed by atoms with E-state index in [9.17, 15) is 0 Å². The fraction of sp³-hybridized carbons (Fsp3) is 0.714. The first kappa shape index (κ1) is 18.2. The number of piperidine rings is 1. The third-order valence-electron chi connectivity index (χ3n) is 6.49. The highest BCUT2D eigenvalue weighted by atomic mass is 16.5. The summed E-state index contributed by atoms with van der Waals surface area (Å²) in [5.74, 6) is 1.01. The summed E-state index contributed by atoms with van der Waals surface area (Å²) in [5.41, 5.74) is 1.45. The Labute approximate surface area is 157 Å². The molecule has 3 heterocycles. The lowest BCUT2D eigenvalue weighted by Gasteiger charge is -2.48. The molecule has 3 fully saturated rings. The zero-order chi connectivity index (χ0) is 17.8. The van der Waals surface area contributed by atoms with Crippen LogP contribution in [0.15, 0.2) is 24.3 Å². The van der Waals surface area contributed by atoms with Crippen LogP contribution in [0.1, 0.15) is 31.2 Å². The van der Waals surface area contributed by atoms with Gasteiger partial charge in [-0.15, -0.1) is 0 Å². The van der Waals surface area contributed by atoms with E-state index in [0.29, 0.717) is 6.04 Å². The summed E-state index contributed by atoms with van der Waals surface area (Å²) in [6.07, 6.45) is 4.78. The molecule has 0 aliphatic carbocycles. The maximum absolute atomic E-state index is 6.26. The predicted molar refractivity (Wildman–Crippen MR) is 104 cm³/mol. The maximum Gasteiger partial charge on any atom is 0.123 e. The maximum atomic E-state index is 6.26. The first-order valence-corrected chi connectivity index (χ1v) is 10.2. The molecule has 144 valence electrons. The monoisotopic (exact) mass is 359 g/mol. The molecule has 26 heavy (non-hydrogen) atoms. The highest BCUT2D eigenvalue weighted by Crippen LogP contribution is 2.35. The molecule has 0 bridgehead atoms. The number of methoxy groups -OCH3 is 1. The van der Waals surface area contributed by atoms with Gasteiger partial charge >= 0.3 is 0 Å². The van der Waals surface area contributed by atoms with Gasteiger partial charge in [-0.1, -0.05) is 18.2 Å². The van der Waals surface area contributed by atoms with E-state index in [2.05, 4.69) is 33.3 Å². The van der Waals surface area contributed by atoms with Gasteiger partial charge in [-0.2, -0.15) is 0 Å². The lowest BCUT2D eigenvalue weighted by Crippen LogP contribution is -2.56. The molecule has 4 rings (SSSR count). The Morgan fingerprint density at radius 2 is 1.92 bits per heavy atom. The predicted octanol–water partition coefficient (Wildman–Crippen LogP) is 2.11. The third kappa shape index (κ3) is 4.06. The quantitative estimate of drug-likeness (QED) is 0.891. The molecule has 3 saturated heterocycles. The summed E-state index contributed by atoms with van der Waals surface area (Å²) < 4.78 is 11.8. The Balaban J connectivity index is 1.30. The third-order valence-corrected chi connectivity index (χ3v) is 6.49. The summed E-state index contributed by atoms with van der Waals surface area (Å²) in [6.45, 7) is 8.78. The smallest absolute Gasteiger partial charge is 0.123 e. The number of hydrogen-bond donors (Lipinski definition) is 1. The summed E-state index contributed by atoms with van der Waals surface area (Å²) in [6, 6.07) is 9.10. The van der Waals surface area contributed by atoms with Gasteiger partial charge in [0.2, 0.25) is 0 Å². The van der Waals surface area contributed by atoms with E-state index < -0.39 is 0 Å². The van der Waals surface area contributed by atoms with E-state index in [1.54, 1.807) is 7.11 Å². The fourth-order valence-electron chi connectivity index (χ4n) is 4.91. The highest BCUT2D eigenvalue weighted by molar-refractivity contribution is 5.33. The van der Waals surface area contributed by atoms with Crippen molar-refractivity contribution in [1.29, 1.82) is 0 Å². The van der Waals surface area contributed by atoms with Gasteiger partial charge in [0.15, 0.2) is 0 Å². The SMILES string of the molecule is COc1ccccc1CN1CCN(C2CCOC3(CCNCC3)C2)CC1. The normalized spacial score (nSPS) is 27.5. The number of rotatable bonds is 4. The average Bonchev–Trinajstić information content (AvgIpc) is 2.70.